The van der Waals surface area contributed by atoms with E-state index in [1.165, 1.54) is 35.2 Å². The quantitative estimate of drug-likeness (QED) is 0.159. The minimum Gasteiger partial charge on any atom is -0.352 e. The smallest absolute Gasteiger partial charge is 0.264 e. The summed E-state index contributed by atoms with van der Waals surface area (Å²) in [4.78, 5) is 30.1. The van der Waals surface area contributed by atoms with Crippen molar-refractivity contribution in [2.45, 2.75) is 55.6 Å². The van der Waals surface area contributed by atoms with Crippen LogP contribution in [0.5, 0.6) is 0 Å². The first-order valence-electron chi connectivity index (χ1n) is 15.1. The molecular weight excluding hydrogens is 700 g/mol. The van der Waals surface area contributed by atoms with Crippen molar-refractivity contribution in [2.24, 2.45) is 0 Å². The van der Waals surface area contributed by atoms with Crippen LogP contribution in [0.1, 0.15) is 36.8 Å². The fraction of sp³-hybridized carbons (Fsp3) is 0.257. The van der Waals surface area contributed by atoms with Gasteiger partial charge in [-0.25, -0.2) is 8.42 Å². The summed E-state index contributed by atoms with van der Waals surface area (Å²) in [7, 11) is -4.28. The molecule has 4 aromatic rings. The highest BCUT2D eigenvalue weighted by Crippen LogP contribution is 2.31. The van der Waals surface area contributed by atoms with E-state index in [1.807, 2.05) is 30.3 Å². The van der Waals surface area contributed by atoms with Gasteiger partial charge in [0.05, 0.1) is 20.6 Å². The molecule has 2 amide bonds. The van der Waals surface area contributed by atoms with Gasteiger partial charge in [-0.2, -0.15) is 0 Å². The lowest BCUT2D eigenvalue weighted by atomic mass is 10.0. The van der Waals surface area contributed by atoms with Crippen molar-refractivity contribution >= 4 is 73.9 Å². The summed E-state index contributed by atoms with van der Waals surface area (Å²) in [6.07, 6.45) is 3.90. The molecule has 0 aromatic heterocycles. The Kier molecular flexibility index (Phi) is 11.7. The lowest BCUT2D eigenvalue weighted by molar-refractivity contribution is -0.140. The van der Waals surface area contributed by atoms with Crippen LogP contribution in [-0.4, -0.2) is 43.8 Å². The summed E-state index contributed by atoms with van der Waals surface area (Å²) in [5, 5.41) is 4.21. The highest BCUT2D eigenvalue weighted by atomic mass is 35.5. The molecule has 7 nitrogen and oxygen atoms in total. The van der Waals surface area contributed by atoms with Crippen LogP contribution >= 0.6 is 46.4 Å². The summed E-state index contributed by atoms with van der Waals surface area (Å²) in [6, 6.07) is 25.4. The molecule has 5 rings (SSSR count). The summed E-state index contributed by atoms with van der Waals surface area (Å²) in [5.74, 6) is -0.949. The molecule has 1 saturated carbocycles. The number of hydrogen-bond acceptors (Lipinski definition) is 4. The number of nitrogens with one attached hydrogen (secondary N) is 1. The van der Waals surface area contributed by atoms with Gasteiger partial charge in [-0.05, 0) is 66.4 Å². The van der Waals surface area contributed by atoms with Gasteiger partial charge in [0.2, 0.25) is 11.8 Å². The van der Waals surface area contributed by atoms with E-state index in [9.17, 15) is 18.0 Å². The fourth-order valence-corrected chi connectivity index (χ4v) is 7.83. The molecule has 47 heavy (non-hydrogen) atoms. The molecule has 12 heteroatoms. The van der Waals surface area contributed by atoms with Crippen LogP contribution in [0.25, 0.3) is 0 Å². The van der Waals surface area contributed by atoms with Crippen molar-refractivity contribution in [1.29, 1.82) is 0 Å². The first-order chi connectivity index (χ1) is 22.5. The fourth-order valence-electron chi connectivity index (χ4n) is 5.64. The summed E-state index contributed by atoms with van der Waals surface area (Å²) in [5.41, 5.74) is 1.51. The second-order valence-electron chi connectivity index (χ2n) is 11.4. The monoisotopic (exact) mass is 731 g/mol. The van der Waals surface area contributed by atoms with Crippen LogP contribution in [0.4, 0.5) is 5.69 Å². The maximum Gasteiger partial charge on any atom is 0.264 e. The summed E-state index contributed by atoms with van der Waals surface area (Å²) >= 11 is 25.3. The first-order valence-corrected chi connectivity index (χ1v) is 18.1. The molecule has 1 aliphatic rings. The van der Waals surface area contributed by atoms with Crippen LogP contribution < -0.4 is 9.62 Å². The van der Waals surface area contributed by atoms with Gasteiger partial charge in [0, 0.05) is 29.1 Å². The minimum atomic E-state index is -4.28. The van der Waals surface area contributed by atoms with Crippen LogP contribution in [0, 0.1) is 0 Å². The Morgan fingerprint density at radius 2 is 1.45 bits per heavy atom. The molecule has 1 atom stereocenters. The highest BCUT2D eigenvalue weighted by Gasteiger charge is 2.36. The largest absolute Gasteiger partial charge is 0.352 e. The number of sulfonamides is 1. The van der Waals surface area contributed by atoms with Gasteiger partial charge >= 0.3 is 0 Å². The van der Waals surface area contributed by atoms with E-state index < -0.39 is 28.5 Å². The molecule has 0 saturated heterocycles. The van der Waals surface area contributed by atoms with Gasteiger partial charge in [-0.15, -0.1) is 0 Å². The van der Waals surface area contributed by atoms with Gasteiger partial charge in [0.1, 0.15) is 12.6 Å². The van der Waals surface area contributed by atoms with Crippen LogP contribution in [0.3, 0.4) is 0 Å². The Hall–Kier alpha value is -3.27. The summed E-state index contributed by atoms with van der Waals surface area (Å²) in [6.45, 7) is -0.715. The normalized spacial score (nSPS) is 14.0. The molecule has 1 N–H and O–H groups in total. The zero-order chi connectivity index (χ0) is 33.6. The Morgan fingerprint density at radius 1 is 0.787 bits per heavy atom. The average molecular weight is 734 g/mol. The molecule has 1 fully saturated rings. The number of carbonyl (C=O) groups excluding carboxylic acids is 2. The number of halogens is 4. The average Bonchev–Trinajstić information content (AvgIpc) is 3.57. The Balaban J connectivity index is 1.59. The van der Waals surface area contributed by atoms with Crippen LogP contribution in [-0.2, 0) is 32.6 Å². The molecule has 0 heterocycles. The minimum absolute atomic E-state index is 0.0111. The van der Waals surface area contributed by atoms with E-state index in [-0.39, 0.29) is 45.5 Å². The molecule has 0 bridgehead atoms. The number of hydrogen-bond donors (Lipinski definition) is 1. The van der Waals surface area contributed by atoms with Crippen molar-refractivity contribution in [3.63, 3.8) is 0 Å². The Bertz CT molecular complexity index is 1820. The second kappa shape index (κ2) is 15.8. The standard InChI is InChI=1S/C35H33Cl4N3O4S/c36-26-16-15-25(31(38)20-26)22-41(33(19-24-9-3-1-4-10-24)35(44)40-27-11-7-8-12-27)34(43)23-42(28-17-18-30(37)32(39)21-28)47(45,46)29-13-5-2-6-14-29/h1-6,9-10,13-18,20-21,27,33H,7-8,11-12,19,22-23H2,(H,40,44)/t33-/m1/s1. The van der Waals surface area contributed by atoms with E-state index in [2.05, 4.69) is 5.32 Å². The third-order valence-electron chi connectivity index (χ3n) is 8.13. The van der Waals surface area contributed by atoms with Crippen molar-refractivity contribution in [3.8, 4) is 0 Å². The number of nitrogens with zero attached hydrogens (tertiary/aromatic N) is 2. The molecule has 246 valence electrons. The molecule has 0 spiro atoms. The van der Waals surface area contributed by atoms with E-state index in [0.29, 0.717) is 15.6 Å². The number of benzene rings is 4. The maximum atomic E-state index is 14.6. The number of anilines is 1. The van der Waals surface area contributed by atoms with Crippen molar-refractivity contribution in [2.75, 3.05) is 10.8 Å². The third-order valence-corrected chi connectivity index (χ3v) is 11.2. The molecule has 1 aliphatic carbocycles. The van der Waals surface area contributed by atoms with Crippen molar-refractivity contribution < 1.29 is 18.0 Å². The lowest BCUT2D eigenvalue weighted by Gasteiger charge is -2.34. The summed E-state index contributed by atoms with van der Waals surface area (Å²) < 4.78 is 29.2. The number of carbonyl (C=O) groups is 2. The zero-order valence-corrected chi connectivity index (χ0v) is 29.1. The van der Waals surface area contributed by atoms with Gasteiger partial charge in [0.15, 0.2) is 0 Å². The van der Waals surface area contributed by atoms with E-state index in [0.717, 1.165) is 35.6 Å². The van der Waals surface area contributed by atoms with Crippen molar-refractivity contribution in [1.82, 2.24) is 10.2 Å². The van der Waals surface area contributed by atoms with Gasteiger partial charge in [0.25, 0.3) is 10.0 Å². The Morgan fingerprint density at radius 3 is 2.09 bits per heavy atom. The third kappa shape index (κ3) is 8.80. The van der Waals surface area contributed by atoms with Gasteiger partial charge in [-0.3, -0.25) is 13.9 Å². The molecule has 0 aliphatic heterocycles. The predicted molar refractivity (Wildman–Crippen MR) is 189 cm³/mol. The SMILES string of the molecule is O=C(NC1CCCC1)[C@@H](Cc1ccccc1)N(Cc1ccc(Cl)cc1Cl)C(=O)CN(c1ccc(Cl)c(Cl)c1)S(=O)(=O)c1ccccc1. The highest BCUT2D eigenvalue weighted by molar-refractivity contribution is 7.92. The number of rotatable bonds is 12. The first kappa shape index (κ1) is 35.0. The van der Waals surface area contributed by atoms with E-state index >= 15 is 0 Å². The van der Waals surface area contributed by atoms with Crippen LogP contribution in [0.15, 0.2) is 102 Å². The van der Waals surface area contributed by atoms with E-state index in [1.54, 1.807) is 36.4 Å². The van der Waals surface area contributed by atoms with E-state index in [4.69, 9.17) is 46.4 Å². The topological polar surface area (TPSA) is 86.8 Å². The zero-order valence-electron chi connectivity index (χ0n) is 25.3. The van der Waals surface area contributed by atoms with Gasteiger partial charge in [-0.1, -0.05) is 114 Å². The predicted octanol–water partition coefficient (Wildman–Crippen LogP) is 8.19. The lowest BCUT2D eigenvalue weighted by Crippen LogP contribution is -2.54. The molecule has 4 aromatic carbocycles. The van der Waals surface area contributed by atoms with Gasteiger partial charge < -0.3 is 10.2 Å². The van der Waals surface area contributed by atoms with Crippen molar-refractivity contribution in [3.05, 3.63) is 128 Å². The maximum absolute atomic E-state index is 14.6. The molecule has 0 unspecified atom stereocenters. The molecule has 0 radical (unpaired) electrons. The van der Waals surface area contributed by atoms with Crippen LogP contribution in [0.2, 0.25) is 20.1 Å². The Labute approximate surface area is 295 Å². The molecular formula is C35H33Cl4N3O4S. The second-order valence-corrected chi connectivity index (χ2v) is 14.9. The number of amides is 2.